The van der Waals surface area contributed by atoms with Gasteiger partial charge < -0.3 is 0 Å². The molecule has 0 radical (unpaired) electrons. The van der Waals surface area contributed by atoms with E-state index in [1.807, 2.05) is 0 Å². The van der Waals surface area contributed by atoms with Crippen molar-refractivity contribution in [2.24, 2.45) is 19.1 Å². The highest BCUT2D eigenvalue weighted by Gasteiger charge is 2.21. The van der Waals surface area contributed by atoms with Crippen LogP contribution >= 0.6 is 15.9 Å². The first-order valence-corrected chi connectivity index (χ1v) is 4.83. The Morgan fingerprint density at radius 3 is 2.57 bits per heavy atom. The first-order chi connectivity index (χ1) is 6.52. The number of aromatic nitrogens is 2. The van der Waals surface area contributed by atoms with E-state index >= 15 is 0 Å². The SMILES string of the molecule is Cn1c2c(c(=O)n(C)c1=O)CC(Br)=N2. The van der Waals surface area contributed by atoms with Gasteiger partial charge in [0.05, 0.1) is 10.2 Å². The predicted octanol–water partition coefficient (Wildman–Crippen LogP) is 0.0650. The third-order valence-corrected chi connectivity index (χ3v) is 2.73. The molecule has 14 heavy (non-hydrogen) atoms. The van der Waals surface area contributed by atoms with Crippen LogP contribution in [0.2, 0.25) is 0 Å². The van der Waals surface area contributed by atoms with Crippen LogP contribution in [0.15, 0.2) is 14.6 Å². The van der Waals surface area contributed by atoms with Crippen LogP contribution in [0.5, 0.6) is 0 Å². The summed E-state index contributed by atoms with van der Waals surface area (Å²) in [6, 6.07) is 0. The van der Waals surface area contributed by atoms with Gasteiger partial charge in [-0.1, -0.05) is 0 Å². The fourth-order valence-corrected chi connectivity index (χ4v) is 1.95. The average molecular weight is 258 g/mol. The van der Waals surface area contributed by atoms with Crippen LogP contribution in [0.1, 0.15) is 5.56 Å². The Labute approximate surface area is 87.8 Å². The molecule has 74 valence electrons. The molecule has 1 aromatic heterocycles. The second-order valence-electron chi connectivity index (χ2n) is 3.17. The van der Waals surface area contributed by atoms with E-state index in [0.29, 0.717) is 22.4 Å². The van der Waals surface area contributed by atoms with Crippen LogP contribution in [-0.4, -0.2) is 13.8 Å². The third-order valence-electron chi connectivity index (χ3n) is 2.27. The van der Waals surface area contributed by atoms with E-state index in [2.05, 4.69) is 20.9 Å². The Balaban J connectivity index is 2.92. The van der Waals surface area contributed by atoms with Crippen LogP contribution in [0, 0.1) is 0 Å². The maximum atomic E-state index is 11.6. The zero-order chi connectivity index (χ0) is 10.5. The summed E-state index contributed by atoms with van der Waals surface area (Å²) in [5.74, 6) is 0.463. The third kappa shape index (κ3) is 1.10. The molecule has 1 aromatic rings. The lowest BCUT2D eigenvalue weighted by atomic mass is 10.2. The van der Waals surface area contributed by atoms with Crippen molar-refractivity contribution in [1.29, 1.82) is 0 Å². The normalized spacial score (nSPS) is 14.1. The Morgan fingerprint density at radius 2 is 1.93 bits per heavy atom. The zero-order valence-corrected chi connectivity index (χ0v) is 9.33. The fraction of sp³-hybridized carbons (Fsp3) is 0.375. The van der Waals surface area contributed by atoms with E-state index in [4.69, 9.17) is 0 Å². The Morgan fingerprint density at radius 1 is 1.29 bits per heavy atom. The van der Waals surface area contributed by atoms with Crippen LogP contribution in [0.3, 0.4) is 0 Å². The van der Waals surface area contributed by atoms with E-state index in [-0.39, 0.29) is 11.2 Å². The summed E-state index contributed by atoms with van der Waals surface area (Å²) in [6.07, 6.45) is 0.468. The van der Waals surface area contributed by atoms with E-state index in [1.54, 1.807) is 7.05 Å². The van der Waals surface area contributed by atoms with Crippen molar-refractivity contribution in [3.05, 3.63) is 26.4 Å². The summed E-state index contributed by atoms with van der Waals surface area (Å²) in [5, 5.41) is 0. The van der Waals surface area contributed by atoms with Crippen LogP contribution < -0.4 is 11.2 Å². The van der Waals surface area contributed by atoms with E-state index in [1.165, 1.54) is 11.6 Å². The highest BCUT2D eigenvalue weighted by molar-refractivity contribution is 9.18. The standard InChI is InChI=1S/C8H8BrN3O2/c1-11-6-4(3-5(9)10-6)7(13)12(2)8(11)14/h3H2,1-2H3. The molecule has 0 amide bonds. The van der Waals surface area contributed by atoms with Gasteiger partial charge in [0.2, 0.25) is 0 Å². The second kappa shape index (κ2) is 2.91. The number of nitrogens with zero attached hydrogens (tertiary/aromatic N) is 3. The maximum Gasteiger partial charge on any atom is 0.332 e. The minimum absolute atomic E-state index is 0.263. The summed E-state index contributed by atoms with van der Waals surface area (Å²) < 4.78 is 3.16. The first kappa shape index (κ1) is 9.39. The number of rotatable bonds is 0. The molecule has 1 aliphatic rings. The van der Waals surface area contributed by atoms with Crippen molar-refractivity contribution in [1.82, 2.24) is 9.13 Å². The zero-order valence-electron chi connectivity index (χ0n) is 7.74. The fourth-order valence-electron chi connectivity index (χ4n) is 1.50. The number of hydrogen-bond donors (Lipinski definition) is 0. The summed E-state index contributed by atoms with van der Waals surface area (Å²) in [7, 11) is 3.08. The molecule has 0 N–H and O–H groups in total. The van der Waals surface area contributed by atoms with Gasteiger partial charge in [0.25, 0.3) is 5.56 Å². The highest BCUT2D eigenvalue weighted by atomic mass is 79.9. The van der Waals surface area contributed by atoms with Gasteiger partial charge in [0.15, 0.2) is 0 Å². The maximum absolute atomic E-state index is 11.6. The van der Waals surface area contributed by atoms with Crippen molar-refractivity contribution in [3.63, 3.8) is 0 Å². The molecule has 6 heteroatoms. The molecular weight excluding hydrogens is 250 g/mol. The van der Waals surface area contributed by atoms with Gasteiger partial charge in [-0.25, -0.2) is 9.79 Å². The van der Waals surface area contributed by atoms with Gasteiger partial charge in [-0.15, -0.1) is 0 Å². The minimum atomic E-state index is -0.347. The van der Waals surface area contributed by atoms with Crippen molar-refractivity contribution in [2.75, 3.05) is 0 Å². The molecule has 2 heterocycles. The molecule has 2 rings (SSSR count). The number of halogens is 1. The molecule has 0 atom stereocenters. The molecule has 1 aliphatic heterocycles. The molecule has 0 aliphatic carbocycles. The van der Waals surface area contributed by atoms with Crippen LogP contribution in [0.4, 0.5) is 5.82 Å². The molecule has 0 aromatic carbocycles. The van der Waals surface area contributed by atoms with E-state index < -0.39 is 0 Å². The van der Waals surface area contributed by atoms with E-state index in [9.17, 15) is 9.59 Å². The van der Waals surface area contributed by atoms with Gasteiger partial charge in [-0.05, 0) is 15.9 Å². The molecule has 0 fully saturated rings. The number of hydrogen-bond acceptors (Lipinski definition) is 3. The van der Waals surface area contributed by atoms with Gasteiger partial charge in [-0.3, -0.25) is 13.9 Å². The second-order valence-corrected chi connectivity index (χ2v) is 4.09. The van der Waals surface area contributed by atoms with Gasteiger partial charge in [-0.2, -0.15) is 0 Å². The van der Waals surface area contributed by atoms with Crippen molar-refractivity contribution in [3.8, 4) is 0 Å². The monoisotopic (exact) mass is 257 g/mol. The summed E-state index contributed by atoms with van der Waals surface area (Å²) in [5.41, 5.74) is -0.0394. The molecule has 0 unspecified atom stereocenters. The molecular formula is C8H8BrN3O2. The molecule has 0 bridgehead atoms. The van der Waals surface area contributed by atoms with Crippen molar-refractivity contribution < 1.29 is 0 Å². The van der Waals surface area contributed by atoms with E-state index in [0.717, 1.165) is 4.57 Å². The Bertz CT molecular complexity index is 553. The lowest BCUT2D eigenvalue weighted by molar-refractivity contribution is 0.682. The quantitative estimate of drug-likeness (QED) is 0.661. The highest BCUT2D eigenvalue weighted by Crippen LogP contribution is 2.23. The average Bonchev–Trinajstić information content (AvgIpc) is 2.54. The molecule has 0 spiro atoms. The largest absolute Gasteiger partial charge is 0.332 e. The lowest BCUT2D eigenvalue weighted by Crippen LogP contribution is -2.38. The smallest absolute Gasteiger partial charge is 0.281 e. The summed E-state index contributed by atoms with van der Waals surface area (Å²) in [4.78, 5) is 27.2. The van der Waals surface area contributed by atoms with Gasteiger partial charge in [0, 0.05) is 20.5 Å². The summed E-state index contributed by atoms with van der Waals surface area (Å²) >= 11 is 3.22. The topological polar surface area (TPSA) is 56.4 Å². The van der Waals surface area contributed by atoms with Gasteiger partial charge >= 0.3 is 5.69 Å². The van der Waals surface area contributed by atoms with Crippen LogP contribution in [-0.2, 0) is 20.5 Å². The predicted molar refractivity (Wildman–Crippen MR) is 56.7 cm³/mol. The van der Waals surface area contributed by atoms with Crippen LogP contribution in [0.25, 0.3) is 0 Å². The Kier molecular flexibility index (Phi) is 1.95. The molecule has 0 saturated carbocycles. The van der Waals surface area contributed by atoms with Crippen molar-refractivity contribution in [2.45, 2.75) is 6.42 Å². The minimum Gasteiger partial charge on any atom is -0.281 e. The Hall–Kier alpha value is -1.17. The molecule has 5 nitrogen and oxygen atoms in total. The first-order valence-electron chi connectivity index (χ1n) is 4.04. The van der Waals surface area contributed by atoms with Crippen molar-refractivity contribution >= 4 is 26.4 Å². The number of aliphatic imine (C=N–C) groups is 1. The van der Waals surface area contributed by atoms with Gasteiger partial charge in [0.1, 0.15) is 5.82 Å². The molecule has 0 saturated heterocycles. The number of fused-ring (bicyclic) bond motifs is 1. The summed E-state index contributed by atoms with van der Waals surface area (Å²) in [6.45, 7) is 0. The lowest BCUT2D eigenvalue weighted by Gasteiger charge is -2.05.